The number of carbonyl (C=O) groups is 2. The van der Waals surface area contributed by atoms with Gasteiger partial charge in [-0.15, -0.1) is 5.10 Å². The van der Waals surface area contributed by atoms with E-state index in [9.17, 15) is 9.59 Å². The van der Waals surface area contributed by atoms with Gasteiger partial charge >= 0.3 is 0 Å². The van der Waals surface area contributed by atoms with E-state index in [0.717, 1.165) is 17.9 Å². The van der Waals surface area contributed by atoms with Gasteiger partial charge in [-0.2, -0.15) is 11.8 Å². The first kappa shape index (κ1) is 26.6. The van der Waals surface area contributed by atoms with Gasteiger partial charge in [-0.05, 0) is 30.2 Å². The number of pyridine rings is 1. The lowest BCUT2D eigenvalue weighted by Crippen LogP contribution is -2.31. The molecule has 1 unspecified atom stereocenters. The summed E-state index contributed by atoms with van der Waals surface area (Å²) >= 11 is 20.7. The van der Waals surface area contributed by atoms with Crippen LogP contribution in [0.15, 0.2) is 36.5 Å². The Bertz CT molecular complexity index is 1280. The van der Waals surface area contributed by atoms with Crippen molar-refractivity contribution in [1.29, 1.82) is 0 Å². The molecular weight excluding hydrogens is 545 g/mol. The third-order valence-corrected chi connectivity index (χ3v) is 7.63. The smallest absolute Gasteiger partial charge is 0.274 e. The van der Waals surface area contributed by atoms with Gasteiger partial charge in [-0.1, -0.05) is 55.1 Å². The number of hydrogen-bond acceptors (Lipinski definition) is 6. The van der Waals surface area contributed by atoms with Crippen LogP contribution in [-0.4, -0.2) is 50.7 Å². The molecule has 36 heavy (non-hydrogen) atoms. The van der Waals surface area contributed by atoms with Crippen LogP contribution >= 0.6 is 46.6 Å². The minimum Gasteiger partial charge on any atom is -0.472 e. The van der Waals surface area contributed by atoms with Crippen molar-refractivity contribution in [3.63, 3.8) is 0 Å². The van der Waals surface area contributed by atoms with Crippen LogP contribution in [-0.2, 0) is 0 Å². The van der Waals surface area contributed by atoms with Crippen LogP contribution in [0.3, 0.4) is 0 Å². The summed E-state index contributed by atoms with van der Waals surface area (Å²) in [6.45, 7) is 4.54. The summed E-state index contributed by atoms with van der Waals surface area (Å²) in [7, 11) is 0. The third-order valence-electron chi connectivity index (χ3n) is 5.60. The zero-order valence-corrected chi connectivity index (χ0v) is 22.6. The molecule has 1 fully saturated rings. The zero-order valence-electron chi connectivity index (χ0n) is 19.6. The summed E-state index contributed by atoms with van der Waals surface area (Å²) in [4.78, 5) is 30.7. The predicted octanol–water partition coefficient (Wildman–Crippen LogP) is 5.75. The van der Waals surface area contributed by atoms with Crippen LogP contribution < -0.4 is 15.4 Å². The number of nitrogens with zero attached hydrogens (tertiary/aromatic N) is 3. The number of aromatic nitrogens is 3. The highest BCUT2D eigenvalue weighted by atomic mass is 35.5. The first-order valence-corrected chi connectivity index (χ1v) is 13.6. The van der Waals surface area contributed by atoms with Crippen LogP contribution in [0.1, 0.15) is 41.1 Å². The lowest BCUT2D eigenvalue weighted by molar-refractivity contribution is 0.0948. The maximum Gasteiger partial charge on any atom is 0.274 e. The molecule has 3 aromatic rings. The highest BCUT2D eigenvalue weighted by Gasteiger charge is 2.26. The average Bonchev–Trinajstić information content (AvgIpc) is 3.25. The minimum absolute atomic E-state index is 0.0139. The van der Waals surface area contributed by atoms with Crippen LogP contribution in [0.25, 0.3) is 5.82 Å². The van der Waals surface area contributed by atoms with Crippen molar-refractivity contribution in [1.82, 2.24) is 20.1 Å². The Morgan fingerprint density at radius 1 is 1.19 bits per heavy atom. The number of halogens is 3. The number of benzene rings is 1. The Morgan fingerprint density at radius 2 is 1.97 bits per heavy atom. The molecule has 0 spiro atoms. The molecule has 12 heteroatoms. The second-order valence-corrected chi connectivity index (χ2v) is 10.7. The molecule has 2 aromatic heterocycles. The molecule has 1 saturated heterocycles. The first-order valence-electron chi connectivity index (χ1n) is 11.3. The summed E-state index contributed by atoms with van der Waals surface area (Å²) in [5.74, 6) is 1.51. The van der Waals surface area contributed by atoms with Crippen LogP contribution in [0.5, 0.6) is 5.88 Å². The number of hydrogen-bond donors (Lipinski definition) is 2. The fraction of sp³-hybridized carbons (Fsp3) is 0.333. The summed E-state index contributed by atoms with van der Waals surface area (Å²) < 4.78 is 7.20. The van der Waals surface area contributed by atoms with Gasteiger partial charge in [-0.3, -0.25) is 9.59 Å². The summed E-state index contributed by atoms with van der Waals surface area (Å²) in [6, 6.07) is 7.75. The van der Waals surface area contributed by atoms with Crippen molar-refractivity contribution in [3.8, 4) is 11.7 Å². The molecule has 2 N–H and O–H groups in total. The third kappa shape index (κ3) is 6.08. The number of carbonyl (C=O) groups excluding carboxylic acids is 2. The normalized spacial score (nSPS) is 14.1. The van der Waals surface area contributed by atoms with E-state index in [4.69, 9.17) is 39.5 Å². The first-order chi connectivity index (χ1) is 17.3. The van der Waals surface area contributed by atoms with E-state index in [2.05, 4.69) is 20.7 Å². The standard InChI is InChI=1S/C24H24Cl3N5O3S/c1-3-13(2)10-29-23(33)16-7-14(25)8-18(27)21(16)30-24(34)19-9-20(35-15-11-36-12-15)31-32(19)22-17(26)5-4-6-28-22/h4-9,13,15H,3,10-12H2,1-2H3,(H,29,33)(H,30,34). The van der Waals surface area contributed by atoms with Gasteiger partial charge in [0.15, 0.2) is 5.82 Å². The summed E-state index contributed by atoms with van der Waals surface area (Å²) in [5.41, 5.74) is 0.383. The predicted molar refractivity (Wildman–Crippen MR) is 144 cm³/mol. The van der Waals surface area contributed by atoms with Crippen LogP contribution in [0.4, 0.5) is 5.69 Å². The van der Waals surface area contributed by atoms with Crippen LogP contribution in [0.2, 0.25) is 15.1 Å². The minimum atomic E-state index is -0.581. The Labute approximate surface area is 228 Å². The van der Waals surface area contributed by atoms with Gasteiger partial charge in [0.2, 0.25) is 5.88 Å². The van der Waals surface area contributed by atoms with Gasteiger partial charge < -0.3 is 15.4 Å². The molecule has 0 saturated carbocycles. The molecule has 0 radical (unpaired) electrons. The van der Waals surface area contributed by atoms with Crippen molar-refractivity contribution < 1.29 is 14.3 Å². The summed E-state index contributed by atoms with van der Waals surface area (Å²) in [5, 5.41) is 10.7. The monoisotopic (exact) mass is 567 g/mol. The Kier molecular flexibility index (Phi) is 8.66. The largest absolute Gasteiger partial charge is 0.472 e. The van der Waals surface area contributed by atoms with Crippen LogP contribution in [0, 0.1) is 5.92 Å². The second-order valence-electron chi connectivity index (χ2n) is 8.35. The van der Waals surface area contributed by atoms with E-state index >= 15 is 0 Å². The van der Waals surface area contributed by atoms with E-state index < -0.39 is 11.8 Å². The molecule has 190 valence electrons. The summed E-state index contributed by atoms with van der Waals surface area (Å²) in [6.07, 6.45) is 2.47. The Hall–Kier alpha value is -2.46. The molecule has 2 amide bonds. The molecule has 1 aliphatic rings. The fourth-order valence-electron chi connectivity index (χ4n) is 3.29. The molecule has 1 aliphatic heterocycles. The molecule has 8 nitrogen and oxygen atoms in total. The van der Waals surface area contributed by atoms with E-state index in [1.165, 1.54) is 22.9 Å². The maximum atomic E-state index is 13.5. The number of ether oxygens (including phenoxy) is 1. The van der Waals surface area contributed by atoms with Gasteiger partial charge in [-0.25, -0.2) is 9.67 Å². The van der Waals surface area contributed by atoms with Crippen molar-refractivity contribution in [2.45, 2.75) is 26.4 Å². The van der Waals surface area contributed by atoms with Crippen molar-refractivity contribution in [2.75, 3.05) is 23.4 Å². The number of nitrogens with one attached hydrogen (secondary N) is 2. The number of amides is 2. The lowest BCUT2D eigenvalue weighted by atomic mass is 10.1. The average molecular weight is 569 g/mol. The Balaban J connectivity index is 1.67. The van der Waals surface area contributed by atoms with E-state index in [-0.39, 0.29) is 50.7 Å². The van der Waals surface area contributed by atoms with E-state index in [0.29, 0.717) is 11.6 Å². The molecule has 0 bridgehead atoms. The number of anilines is 1. The SMILES string of the molecule is CCC(C)CNC(=O)c1cc(Cl)cc(Cl)c1NC(=O)c1cc(OC2CSC2)nn1-c1ncccc1Cl. The second kappa shape index (κ2) is 11.7. The van der Waals surface area contributed by atoms with Crippen molar-refractivity contribution in [2.24, 2.45) is 5.92 Å². The molecule has 0 aliphatic carbocycles. The molecule has 1 aromatic carbocycles. The molecule has 3 heterocycles. The van der Waals surface area contributed by atoms with Crippen molar-refractivity contribution in [3.05, 3.63) is 62.9 Å². The topological polar surface area (TPSA) is 98.1 Å². The Morgan fingerprint density at radius 3 is 2.64 bits per heavy atom. The van der Waals surface area contributed by atoms with Gasteiger partial charge in [0.25, 0.3) is 11.8 Å². The van der Waals surface area contributed by atoms with Gasteiger partial charge in [0.1, 0.15) is 11.8 Å². The zero-order chi connectivity index (χ0) is 25.8. The quantitative estimate of drug-likeness (QED) is 0.341. The lowest BCUT2D eigenvalue weighted by Gasteiger charge is -2.24. The molecular formula is C24H24Cl3N5O3S. The fourth-order valence-corrected chi connectivity index (χ4v) is 4.60. The molecule has 4 rings (SSSR count). The van der Waals surface area contributed by atoms with Gasteiger partial charge in [0, 0.05) is 35.3 Å². The number of thioether (sulfide) groups is 1. The highest BCUT2D eigenvalue weighted by molar-refractivity contribution is 8.00. The number of rotatable bonds is 9. The van der Waals surface area contributed by atoms with Crippen molar-refractivity contribution >= 4 is 64.1 Å². The van der Waals surface area contributed by atoms with E-state index in [1.54, 1.807) is 30.1 Å². The highest BCUT2D eigenvalue weighted by Crippen LogP contribution is 2.32. The van der Waals surface area contributed by atoms with E-state index in [1.807, 2.05) is 13.8 Å². The molecule has 1 atom stereocenters. The maximum absolute atomic E-state index is 13.5. The van der Waals surface area contributed by atoms with Gasteiger partial charge in [0.05, 0.1) is 21.3 Å².